The number of β-lactam (4-membered cyclic amide) rings is 1. The number of nitrogens with one attached hydrogen (secondary N) is 1. The average Bonchev–Trinajstić information content (AvgIpc) is 3.83. The minimum atomic E-state index is -1.77. The lowest BCUT2D eigenvalue weighted by atomic mass is 9.89. The van der Waals surface area contributed by atoms with Crippen LogP contribution >= 0.6 is 34.6 Å². The largest absolute Gasteiger partial charge is 0.478 e. The highest BCUT2D eigenvalue weighted by Crippen LogP contribution is 2.45. The van der Waals surface area contributed by atoms with Crippen LogP contribution < -0.4 is 16.0 Å². The topological polar surface area (TPSA) is 248 Å². The molecule has 17 nitrogen and oxygen atoms in total. The van der Waals surface area contributed by atoms with Crippen molar-refractivity contribution in [2.45, 2.75) is 44.3 Å². The van der Waals surface area contributed by atoms with E-state index in [0.717, 1.165) is 22.1 Å². The van der Waals surface area contributed by atoms with Crippen molar-refractivity contribution in [2.24, 2.45) is 16.8 Å². The number of aromatic nitrogens is 5. The molecule has 0 spiro atoms. The van der Waals surface area contributed by atoms with Crippen LogP contribution in [0.2, 0.25) is 0 Å². The number of Topliss-reactive ketones (excluding diaryl/α,β-unsaturated/α-hetero) is 1. The maximum absolute atomic E-state index is 13.4. The number of thioether (sulfide) groups is 1. The molecule has 4 aromatic heterocycles. The molecule has 48 heavy (non-hydrogen) atoms. The Morgan fingerprint density at radius 2 is 2.04 bits per heavy atom. The first-order valence-electron chi connectivity index (χ1n) is 14.2. The van der Waals surface area contributed by atoms with Gasteiger partial charge in [-0.1, -0.05) is 5.16 Å². The number of carboxylic acid groups (broad SMARTS) is 2. The number of nitrogens with zero attached hydrogens (tertiary/aromatic N) is 7. The van der Waals surface area contributed by atoms with Crippen molar-refractivity contribution in [3.63, 3.8) is 0 Å². The number of hydrogen-bond acceptors (Lipinski definition) is 13. The number of amides is 1. The second-order valence-corrected chi connectivity index (χ2v) is 14.3. The highest BCUT2D eigenvalue weighted by Gasteiger charge is 2.54. The molecule has 6 heterocycles. The molecule has 2 atom stereocenters. The number of nitrogen functional groups attached to an aromatic ring is 2. The van der Waals surface area contributed by atoms with Gasteiger partial charge in [0.2, 0.25) is 17.3 Å². The van der Waals surface area contributed by atoms with Gasteiger partial charge in [0.05, 0.1) is 30.1 Å². The molecule has 0 bridgehead atoms. The molecule has 0 saturated carbocycles. The minimum absolute atomic E-state index is 0.00762. The maximum Gasteiger partial charge on any atom is 0.352 e. The molecular formula is C28H29N10O7S3+. The van der Waals surface area contributed by atoms with E-state index >= 15 is 0 Å². The normalized spacial score (nSPS) is 18.2. The number of carboxylic acids is 2. The number of imidazole rings is 1. The fraction of sp³-hybridized carbons (Fsp3) is 0.321. The van der Waals surface area contributed by atoms with Crippen LogP contribution in [0.1, 0.15) is 36.5 Å². The first-order chi connectivity index (χ1) is 22.7. The van der Waals surface area contributed by atoms with Gasteiger partial charge in [0, 0.05) is 39.5 Å². The highest BCUT2D eigenvalue weighted by atomic mass is 32.2. The third-order valence-electron chi connectivity index (χ3n) is 7.80. The molecule has 1 fully saturated rings. The van der Waals surface area contributed by atoms with Crippen LogP contribution in [0.25, 0.3) is 5.65 Å². The van der Waals surface area contributed by atoms with Crippen LogP contribution in [-0.2, 0) is 37.1 Å². The molecule has 2 aliphatic rings. The molecule has 4 aromatic rings. The molecule has 0 unspecified atom stereocenters. The van der Waals surface area contributed by atoms with Gasteiger partial charge >= 0.3 is 17.6 Å². The van der Waals surface area contributed by atoms with Gasteiger partial charge in [-0.3, -0.25) is 19.9 Å². The van der Waals surface area contributed by atoms with Crippen LogP contribution in [0, 0.1) is 11.3 Å². The second-order valence-electron chi connectivity index (χ2n) is 11.5. The monoisotopic (exact) mass is 713 g/mol. The SMILES string of the molecule is CC(C)(O/N=C(\C(=O)C[C@@H]1C(=O)N2C(C(=O)O)=C(Cn3ccc4n3cc[n+]4Cc3cc(C(=N)N)cs3)CS[C@H]12)c1nsc(N)n1)C(=O)O. The molecule has 20 heteroatoms. The Balaban J connectivity index is 1.20. The van der Waals surface area contributed by atoms with Crippen LogP contribution in [0.15, 0.2) is 52.5 Å². The fourth-order valence-electron chi connectivity index (χ4n) is 5.26. The van der Waals surface area contributed by atoms with Crippen LogP contribution in [-0.4, -0.2) is 85.6 Å². The quantitative estimate of drug-likeness (QED) is 0.0428. The van der Waals surface area contributed by atoms with Crippen LogP contribution in [0.5, 0.6) is 0 Å². The second kappa shape index (κ2) is 12.5. The Bertz CT molecular complexity index is 2060. The van der Waals surface area contributed by atoms with Crippen molar-refractivity contribution in [2.75, 3.05) is 11.5 Å². The zero-order valence-corrected chi connectivity index (χ0v) is 27.8. The predicted molar refractivity (Wildman–Crippen MR) is 175 cm³/mol. The number of amidine groups is 1. The molecule has 1 amide bonds. The van der Waals surface area contributed by atoms with Gasteiger partial charge < -0.3 is 26.5 Å². The van der Waals surface area contributed by atoms with Crippen molar-refractivity contribution in [1.29, 1.82) is 5.41 Å². The van der Waals surface area contributed by atoms with Gasteiger partial charge in [0.25, 0.3) is 0 Å². The zero-order chi connectivity index (χ0) is 34.5. The summed E-state index contributed by atoms with van der Waals surface area (Å²) in [5, 5.41) is 32.2. The number of hydrogen-bond donors (Lipinski definition) is 5. The van der Waals surface area contributed by atoms with Crippen molar-refractivity contribution in [3.05, 3.63) is 63.6 Å². The van der Waals surface area contributed by atoms with Gasteiger partial charge in [-0.2, -0.15) is 9.36 Å². The number of carbonyl (C=O) groups is 4. The smallest absolute Gasteiger partial charge is 0.352 e. The summed E-state index contributed by atoms with van der Waals surface area (Å²) in [7, 11) is 0. The van der Waals surface area contributed by atoms with Crippen LogP contribution in [0.3, 0.4) is 0 Å². The summed E-state index contributed by atoms with van der Waals surface area (Å²) < 4.78 is 9.74. The molecular weight excluding hydrogens is 685 g/mol. The molecule has 6 rings (SSSR count). The van der Waals surface area contributed by atoms with E-state index in [1.165, 1.54) is 41.8 Å². The van der Waals surface area contributed by atoms with E-state index in [1.54, 1.807) is 0 Å². The van der Waals surface area contributed by atoms with E-state index in [-0.39, 0.29) is 35.5 Å². The van der Waals surface area contributed by atoms with E-state index in [1.807, 2.05) is 49.9 Å². The molecule has 0 aromatic carbocycles. The standard InChI is InChI=1S/C28H28N10O7S3/c1-28(2,26(43)44)45-33-19(22-32-27(31)48-34-22)17(39)8-16-23(40)38-20(25(41)42)14(12-47-24(16)38)9-36-4-3-18-35(5-6-37(18)36)10-15-7-13(11-46-15)21(29)30/h3-7,11,16,24H,8-10,12H2,1-2H3,(H6-,29,30,31,32,34,41,42,43,44)/p+1/b33-19+/t16-,24-/m1/s1. The molecule has 1 saturated heterocycles. The Morgan fingerprint density at radius 3 is 2.69 bits per heavy atom. The van der Waals surface area contributed by atoms with E-state index < -0.39 is 46.2 Å². The lowest BCUT2D eigenvalue weighted by Gasteiger charge is -2.49. The van der Waals surface area contributed by atoms with E-state index in [2.05, 4.69) is 14.5 Å². The van der Waals surface area contributed by atoms with Crippen molar-refractivity contribution in [1.82, 2.24) is 23.5 Å². The Hall–Kier alpha value is -5.08. The highest BCUT2D eigenvalue weighted by molar-refractivity contribution is 8.00. The predicted octanol–water partition coefficient (Wildman–Crippen LogP) is 0.969. The number of oxime groups is 1. The summed E-state index contributed by atoms with van der Waals surface area (Å²) >= 11 is 3.65. The summed E-state index contributed by atoms with van der Waals surface area (Å²) in [6.45, 7) is 3.25. The van der Waals surface area contributed by atoms with E-state index in [0.29, 0.717) is 23.4 Å². The molecule has 7 N–H and O–H groups in total. The Kier molecular flexibility index (Phi) is 8.56. The fourth-order valence-corrected chi connectivity index (χ4v) is 7.98. The Labute approximate surface area is 283 Å². The first kappa shape index (κ1) is 32.8. The number of carbonyl (C=O) groups excluding carboxylic acids is 2. The minimum Gasteiger partial charge on any atom is -0.478 e. The molecule has 2 aliphatic heterocycles. The number of nitrogens with two attached hydrogens (primary N) is 2. The third kappa shape index (κ3) is 6.04. The maximum atomic E-state index is 13.4. The summed E-state index contributed by atoms with van der Waals surface area (Å²) in [5.74, 6) is -4.53. The number of rotatable bonds is 13. The Morgan fingerprint density at radius 1 is 1.27 bits per heavy atom. The van der Waals surface area contributed by atoms with Crippen molar-refractivity contribution < 1.29 is 38.8 Å². The van der Waals surface area contributed by atoms with Crippen molar-refractivity contribution >= 4 is 80.6 Å². The summed E-state index contributed by atoms with van der Waals surface area (Å²) in [4.78, 5) is 62.2. The molecule has 0 aliphatic carbocycles. The number of thiophene rings is 1. The van der Waals surface area contributed by atoms with E-state index in [9.17, 15) is 29.4 Å². The summed E-state index contributed by atoms with van der Waals surface area (Å²) in [6, 6.07) is 3.78. The van der Waals surface area contributed by atoms with Gasteiger partial charge in [0.15, 0.2) is 22.8 Å². The number of anilines is 1. The summed E-state index contributed by atoms with van der Waals surface area (Å²) in [5.41, 5.74) is 11.0. The lowest BCUT2D eigenvalue weighted by Crippen LogP contribution is -2.62. The first-order valence-corrected chi connectivity index (χ1v) is 17.0. The lowest BCUT2D eigenvalue weighted by molar-refractivity contribution is -0.661. The number of fused-ring (bicyclic) bond motifs is 2. The van der Waals surface area contributed by atoms with Crippen molar-refractivity contribution in [3.8, 4) is 0 Å². The summed E-state index contributed by atoms with van der Waals surface area (Å²) in [6.07, 6.45) is 5.23. The van der Waals surface area contributed by atoms with Gasteiger partial charge in [-0.25, -0.2) is 18.8 Å². The van der Waals surface area contributed by atoms with Gasteiger partial charge in [0.1, 0.15) is 24.3 Å². The van der Waals surface area contributed by atoms with Gasteiger partial charge in [-0.05, 0) is 25.5 Å². The van der Waals surface area contributed by atoms with E-state index in [4.69, 9.17) is 21.7 Å². The number of aliphatic carboxylic acids is 2. The van der Waals surface area contributed by atoms with Crippen LogP contribution in [0.4, 0.5) is 5.13 Å². The molecule has 250 valence electrons. The average molecular weight is 714 g/mol. The molecule has 0 radical (unpaired) electrons. The number of ketones is 1. The van der Waals surface area contributed by atoms with Gasteiger partial charge in [-0.15, -0.1) is 27.6 Å². The zero-order valence-electron chi connectivity index (χ0n) is 25.4. The third-order valence-corrected chi connectivity index (χ3v) is 10.7.